The van der Waals surface area contributed by atoms with Crippen LogP contribution in [0.4, 0.5) is 11.4 Å². The van der Waals surface area contributed by atoms with Gasteiger partial charge in [-0.25, -0.2) is 0 Å². The van der Waals surface area contributed by atoms with Gasteiger partial charge in [0.25, 0.3) is 11.8 Å². The van der Waals surface area contributed by atoms with Crippen LogP contribution in [0.2, 0.25) is 0 Å². The zero-order valence-electron chi connectivity index (χ0n) is 17.7. The minimum atomic E-state index is -0.390. The van der Waals surface area contributed by atoms with Crippen LogP contribution in [-0.2, 0) is 13.6 Å². The lowest BCUT2D eigenvalue weighted by atomic mass is 10.2. The van der Waals surface area contributed by atoms with Gasteiger partial charge in [-0.1, -0.05) is 6.07 Å². The van der Waals surface area contributed by atoms with Crippen LogP contribution < -0.4 is 10.6 Å². The van der Waals surface area contributed by atoms with Gasteiger partial charge in [0.2, 0.25) is 0 Å². The molecule has 32 heavy (non-hydrogen) atoms. The largest absolute Gasteiger partial charge is 0.454 e. The van der Waals surface area contributed by atoms with Gasteiger partial charge in [0.05, 0.1) is 22.4 Å². The van der Waals surface area contributed by atoms with E-state index in [0.29, 0.717) is 29.4 Å². The predicted molar refractivity (Wildman–Crippen MR) is 123 cm³/mol. The number of carbonyl (C=O) groups excluding carboxylic acids is 2. The van der Waals surface area contributed by atoms with Crippen LogP contribution >= 0.6 is 15.9 Å². The number of halogens is 1. The average molecular weight is 497 g/mol. The Morgan fingerprint density at radius 1 is 1.03 bits per heavy atom. The summed E-state index contributed by atoms with van der Waals surface area (Å²) in [4.78, 5) is 24.9. The van der Waals surface area contributed by atoms with Gasteiger partial charge >= 0.3 is 0 Å². The number of aromatic nitrogens is 4. The van der Waals surface area contributed by atoms with Gasteiger partial charge in [-0.2, -0.15) is 10.2 Å². The van der Waals surface area contributed by atoms with Gasteiger partial charge < -0.3 is 15.1 Å². The average Bonchev–Trinajstić information content (AvgIpc) is 3.46. The molecule has 3 heterocycles. The first-order valence-electron chi connectivity index (χ1n) is 9.81. The first kappa shape index (κ1) is 21.6. The van der Waals surface area contributed by atoms with Gasteiger partial charge in [-0.05, 0) is 66.2 Å². The lowest BCUT2D eigenvalue weighted by Crippen LogP contribution is -2.14. The minimum Gasteiger partial charge on any atom is -0.454 e. The maximum absolute atomic E-state index is 12.6. The zero-order valence-corrected chi connectivity index (χ0v) is 19.3. The van der Waals surface area contributed by atoms with Gasteiger partial charge in [0.1, 0.15) is 5.76 Å². The van der Waals surface area contributed by atoms with Gasteiger partial charge in [-0.3, -0.25) is 19.0 Å². The third-order valence-electron chi connectivity index (χ3n) is 4.81. The number of furan rings is 1. The molecule has 0 saturated carbocycles. The topological polar surface area (TPSA) is 107 Å². The van der Waals surface area contributed by atoms with Crippen molar-refractivity contribution in [3.8, 4) is 0 Å². The third-order valence-corrected chi connectivity index (χ3v) is 5.96. The molecule has 0 atom stereocenters. The van der Waals surface area contributed by atoms with E-state index in [9.17, 15) is 9.59 Å². The smallest absolute Gasteiger partial charge is 0.291 e. The highest BCUT2D eigenvalue weighted by molar-refractivity contribution is 9.10. The van der Waals surface area contributed by atoms with E-state index >= 15 is 0 Å². The first-order chi connectivity index (χ1) is 15.3. The highest BCUT2D eigenvalue weighted by Crippen LogP contribution is 2.22. The van der Waals surface area contributed by atoms with Crippen LogP contribution in [0.5, 0.6) is 0 Å². The molecule has 0 bridgehead atoms. The minimum absolute atomic E-state index is 0.184. The Morgan fingerprint density at radius 2 is 1.75 bits per heavy atom. The number of amides is 2. The molecule has 10 heteroatoms. The monoisotopic (exact) mass is 496 g/mol. The Labute approximate surface area is 192 Å². The van der Waals surface area contributed by atoms with Gasteiger partial charge in [-0.15, -0.1) is 0 Å². The standard InChI is InChI=1S/C22H21BrN6O3/c1-13-20(23)14(2)29(26-13)12-17-7-8-19(32-17)22(31)25-16-6-4-5-15(11-16)24-21(30)18-9-10-28(3)27-18/h4-11H,12H2,1-3H3,(H,24,30)(H,25,31). The van der Waals surface area contributed by atoms with E-state index in [2.05, 4.69) is 36.8 Å². The maximum Gasteiger partial charge on any atom is 0.291 e. The molecule has 2 amide bonds. The fourth-order valence-corrected chi connectivity index (χ4v) is 3.44. The van der Waals surface area contributed by atoms with Crippen molar-refractivity contribution in [3.05, 3.63) is 81.7 Å². The van der Waals surface area contributed by atoms with E-state index in [-0.39, 0.29) is 17.6 Å². The van der Waals surface area contributed by atoms with Crippen LogP contribution in [0.25, 0.3) is 0 Å². The van der Waals surface area contributed by atoms with E-state index in [0.717, 1.165) is 15.9 Å². The first-order valence-corrected chi connectivity index (χ1v) is 10.6. The maximum atomic E-state index is 12.6. The molecule has 0 fully saturated rings. The molecule has 4 rings (SSSR count). The number of benzene rings is 1. The number of nitrogens with one attached hydrogen (secondary N) is 2. The van der Waals surface area contributed by atoms with Gasteiger partial charge in [0.15, 0.2) is 11.5 Å². The molecule has 0 spiro atoms. The number of aryl methyl sites for hydroxylation is 2. The fraction of sp³-hybridized carbons (Fsp3) is 0.182. The van der Waals surface area contributed by atoms with Crippen LogP contribution in [-0.4, -0.2) is 31.4 Å². The molecular formula is C22H21BrN6O3. The molecular weight excluding hydrogens is 476 g/mol. The fourth-order valence-electron chi connectivity index (χ4n) is 3.16. The molecule has 0 saturated heterocycles. The second-order valence-electron chi connectivity index (χ2n) is 7.27. The van der Waals surface area contributed by atoms with Crippen molar-refractivity contribution in [1.82, 2.24) is 19.6 Å². The summed E-state index contributed by atoms with van der Waals surface area (Å²) in [5.41, 5.74) is 3.24. The van der Waals surface area contributed by atoms with Crippen molar-refractivity contribution in [2.24, 2.45) is 7.05 Å². The van der Waals surface area contributed by atoms with E-state index in [4.69, 9.17) is 4.42 Å². The lowest BCUT2D eigenvalue weighted by Gasteiger charge is -2.07. The van der Waals surface area contributed by atoms with Crippen LogP contribution in [0.1, 0.15) is 38.2 Å². The molecule has 4 aromatic rings. The lowest BCUT2D eigenvalue weighted by molar-refractivity contribution is 0.0992. The predicted octanol–water partition coefficient (Wildman–Crippen LogP) is 4.14. The van der Waals surface area contributed by atoms with Crippen molar-refractivity contribution in [1.29, 1.82) is 0 Å². The quantitative estimate of drug-likeness (QED) is 0.417. The second kappa shape index (κ2) is 8.83. The third kappa shape index (κ3) is 4.65. The molecule has 164 valence electrons. The van der Waals surface area contributed by atoms with E-state index in [1.807, 2.05) is 18.5 Å². The summed E-state index contributed by atoms with van der Waals surface area (Å²) in [6.45, 7) is 4.29. The Morgan fingerprint density at radius 3 is 2.38 bits per heavy atom. The Kier molecular flexibility index (Phi) is 5.95. The number of rotatable bonds is 6. The summed E-state index contributed by atoms with van der Waals surface area (Å²) in [7, 11) is 1.74. The second-order valence-corrected chi connectivity index (χ2v) is 8.07. The van der Waals surface area contributed by atoms with E-state index in [1.54, 1.807) is 60.4 Å². The number of hydrogen-bond acceptors (Lipinski definition) is 5. The number of carbonyl (C=O) groups is 2. The summed E-state index contributed by atoms with van der Waals surface area (Å²) in [5, 5.41) is 14.1. The molecule has 0 unspecified atom stereocenters. The van der Waals surface area contributed by atoms with Crippen molar-refractivity contribution >= 4 is 39.1 Å². The molecule has 0 aliphatic rings. The highest BCUT2D eigenvalue weighted by atomic mass is 79.9. The highest BCUT2D eigenvalue weighted by Gasteiger charge is 2.15. The van der Waals surface area contributed by atoms with Crippen molar-refractivity contribution < 1.29 is 14.0 Å². The molecule has 1 aromatic carbocycles. The molecule has 2 N–H and O–H groups in total. The summed E-state index contributed by atoms with van der Waals surface area (Å²) < 4.78 is 10.0. The van der Waals surface area contributed by atoms with Crippen LogP contribution in [0, 0.1) is 13.8 Å². The normalized spacial score (nSPS) is 10.9. The SMILES string of the molecule is Cc1nn(Cc2ccc(C(=O)Nc3cccc(NC(=O)c4ccn(C)n4)c3)o2)c(C)c1Br. The van der Waals surface area contributed by atoms with E-state index in [1.165, 1.54) is 0 Å². The number of hydrogen-bond donors (Lipinski definition) is 2. The summed E-state index contributed by atoms with van der Waals surface area (Å²) in [6.07, 6.45) is 1.69. The Hall–Kier alpha value is -3.66. The van der Waals surface area contributed by atoms with Crippen LogP contribution in [0.15, 0.2) is 57.6 Å². The Balaban J connectivity index is 1.41. The van der Waals surface area contributed by atoms with E-state index < -0.39 is 0 Å². The summed E-state index contributed by atoms with van der Waals surface area (Å²) in [5.74, 6) is 0.0766. The molecule has 3 aromatic heterocycles. The molecule has 0 radical (unpaired) electrons. The Bertz CT molecular complexity index is 1300. The number of nitrogens with zero attached hydrogens (tertiary/aromatic N) is 4. The van der Waals surface area contributed by atoms with Crippen LogP contribution in [0.3, 0.4) is 0 Å². The van der Waals surface area contributed by atoms with Crippen molar-refractivity contribution in [2.75, 3.05) is 10.6 Å². The summed E-state index contributed by atoms with van der Waals surface area (Å²) in [6, 6.07) is 11.9. The summed E-state index contributed by atoms with van der Waals surface area (Å²) >= 11 is 3.50. The molecule has 0 aliphatic heterocycles. The van der Waals surface area contributed by atoms with Crippen molar-refractivity contribution in [3.63, 3.8) is 0 Å². The molecule has 0 aliphatic carbocycles. The zero-order chi connectivity index (χ0) is 22.8. The number of anilines is 2. The molecule has 9 nitrogen and oxygen atoms in total. The van der Waals surface area contributed by atoms with Gasteiger partial charge in [0, 0.05) is 24.6 Å². The van der Waals surface area contributed by atoms with Crippen molar-refractivity contribution in [2.45, 2.75) is 20.4 Å².